The van der Waals surface area contributed by atoms with E-state index in [4.69, 9.17) is 4.74 Å². The van der Waals surface area contributed by atoms with Crippen molar-refractivity contribution in [3.05, 3.63) is 70.8 Å². The lowest BCUT2D eigenvalue weighted by molar-refractivity contribution is -0.143. The number of benzene rings is 2. The van der Waals surface area contributed by atoms with E-state index in [1.54, 1.807) is 0 Å². The standard InChI is InChI=1S/C17H24N2.C11H10F6O/c1-2-3-10-17(14-18)11-7-12-19(15-17)13-16-8-5-4-6-9-16;1-6(18-2)7-3-8(10(12,13)14)5-9(4-7)11(15,16)17/h4-6,8-9H,2-3,7,10-13,15H2,1H3;3-6H,1-2H3. The Bertz CT molecular complexity index is 984. The first-order valence-corrected chi connectivity index (χ1v) is 12.3. The molecule has 2 aromatic carbocycles. The molecule has 0 N–H and O–H groups in total. The van der Waals surface area contributed by atoms with E-state index in [-0.39, 0.29) is 17.0 Å². The van der Waals surface area contributed by atoms with E-state index >= 15 is 0 Å². The van der Waals surface area contributed by atoms with Gasteiger partial charge in [-0.05, 0) is 62.1 Å². The van der Waals surface area contributed by atoms with Crippen LogP contribution in [0.15, 0.2) is 48.5 Å². The number of hydrogen-bond acceptors (Lipinski definition) is 3. The third-order valence-electron chi connectivity index (χ3n) is 6.58. The lowest BCUT2D eigenvalue weighted by Gasteiger charge is -2.38. The second-order valence-electron chi connectivity index (χ2n) is 9.51. The summed E-state index contributed by atoms with van der Waals surface area (Å²) in [5, 5.41) is 9.58. The van der Waals surface area contributed by atoms with Crippen molar-refractivity contribution in [1.82, 2.24) is 4.90 Å². The summed E-state index contributed by atoms with van der Waals surface area (Å²) in [7, 11) is 1.21. The molecule has 204 valence electrons. The monoisotopic (exact) mass is 528 g/mol. The Kier molecular flexibility index (Phi) is 11.0. The summed E-state index contributed by atoms with van der Waals surface area (Å²) in [6.07, 6.45) is -4.86. The van der Waals surface area contributed by atoms with Gasteiger partial charge in [-0.3, -0.25) is 4.90 Å². The summed E-state index contributed by atoms with van der Waals surface area (Å²) in [5.74, 6) is 0. The van der Waals surface area contributed by atoms with Crippen LogP contribution in [0.2, 0.25) is 0 Å². The second-order valence-corrected chi connectivity index (χ2v) is 9.51. The predicted octanol–water partition coefficient (Wildman–Crippen LogP) is 8.41. The number of methoxy groups -OCH3 is 1. The van der Waals surface area contributed by atoms with E-state index < -0.39 is 29.6 Å². The van der Waals surface area contributed by atoms with Crippen LogP contribution in [0.25, 0.3) is 0 Å². The Morgan fingerprint density at radius 3 is 2.11 bits per heavy atom. The molecule has 2 atom stereocenters. The third kappa shape index (κ3) is 9.35. The highest BCUT2D eigenvalue weighted by Crippen LogP contribution is 2.38. The summed E-state index contributed by atoms with van der Waals surface area (Å²) in [4.78, 5) is 2.46. The van der Waals surface area contributed by atoms with Crippen molar-refractivity contribution < 1.29 is 31.1 Å². The van der Waals surface area contributed by atoms with E-state index in [0.717, 1.165) is 38.9 Å². The summed E-state index contributed by atoms with van der Waals surface area (Å²) in [5.41, 5.74) is -1.58. The second kappa shape index (κ2) is 13.3. The fourth-order valence-corrected chi connectivity index (χ4v) is 4.42. The van der Waals surface area contributed by atoms with Gasteiger partial charge in [-0.25, -0.2) is 0 Å². The first-order valence-electron chi connectivity index (χ1n) is 12.3. The van der Waals surface area contributed by atoms with Gasteiger partial charge in [-0.1, -0.05) is 50.1 Å². The molecule has 2 aromatic rings. The van der Waals surface area contributed by atoms with E-state index in [1.165, 1.54) is 32.4 Å². The van der Waals surface area contributed by atoms with Crippen molar-refractivity contribution >= 4 is 0 Å². The highest BCUT2D eigenvalue weighted by Gasteiger charge is 2.37. The number of likely N-dealkylation sites (tertiary alicyclic amines) is 1. The highest BCUT2D eigenvalue weighted by atomic mass is 19.4. The molecule has 1 fully saturated rings. The Labute approximate surface area is 215 Å². The fraction of sp³-hybridized carbons (Fsp3) is 0.536. The number of hydrogen-bond donors (Lipinski definition) is 0. The summed E-state index contributed by atoms with van der Waals surface area (Å²) >= 11 is 0. The molecule has 3 rings (SSSR count). The van der Waals surface area contributed by atoms with Crippen molar-refractivity contribution in [2.75, 3.05) is 20.2 Å². The largest absolute Gasteiger partial charge is 0.416 e. The molecule has 0 spiro atoms. The van der Waals surface area contributed by atoms with Crippen LogP contribution >= 0.6 is 0 Å². The Morgan fingerprint density at radius 1 is 1.03 bits per heavy atom. The molecule has 37 heavy (non-hydrogen) atoms. The van der Waals surface area contributed by atoms with Crippen molar-refractivity contribution in [2.45, 2.75) is 71.0 Å². The summed E-state index contributed by atoms with van der Waals surface area (Å²) in [6, 6.07) is 14.6. The normalized spacial score (nSPS) is 19.5. The number of halogens is 6. The number of nitriles is 1. The van der Waals surface area contributed by atoms with E-state index in [0.29, 0.717) is 12.1 Å². The minimum absolute atomic E-state index is 0.0892. The number of unbranched alkanes of at least 4 members (excludes halogenated alkanes) is 1. The maximum Gasteiger partial charge on any atom is 0.416 e. The van der Waals surface area contributed by atoms with Gasteiger partial charge >= 0.3 is 12.4 Å². The van der Waals surface area contributed by atoms with Gasteiger partial charge < -0.3 is 4.74 Å². The maximum absolute atomic E-state index is 12.5. The van der Waals surface area contributed by atoms with Gasteiger partial charge in [0.05, 0.1) is 28.7 Å². The molecule has 1 saturated heterocycles. The predicted molar refractivity (Wildman–Crippen MR) is 130 cm³/mol. The van der Waals surface area contributed by atoms with Gasteiger partial charge in [0.1, 0.15) is 0 Å². The van der Waals surface area contributed by atoms with Crippen LogP contribution in [0.4, 0.5) is 26.3 Å². The Hall–Kier alpha value is -2.57. The highest BCUT2D eigenvalue weighted by molar-refractivity contribution is 5.34. The SMILES string of the molecule is CCCCC1(C#N)CCCN(Cc2ccccc2)C1.COC(C)c1cc(C(F)(F)F)cc(C(F)(F)F)c1. The topological polar surface area (TPSA) is 36.3 Å². The molecule has 0 amide bonds. The smallest absolute Gasteiger partial charge is 0.377 e. The average molecular weight is 529 g/mol. The lowest BCUT2D eigenvalue weighted by Crippen LogP contribution is -2.42. The van der Waals surface area contributed by atoms with Gasteiger partial charge in [0.2, 0.25) is 0 Å². The van der Waals surface area contributed by atoms with Crippen LogP contribution in [0.5, 0.6) is 0 Å². The molecular weight excluding hydrogens is 494 g/mol. The number of ether oxygens (including phenoxy) is 1. The van der Waals surface area contributed by atoms with Crippen molar-refractivity contribution in [2.24, 2.45) is 5.41 Å². The molecule has 0 aliphatic carbocycles. The molecule has 9 heteroatoms. The first-order chi connectivity index (χ1) is 17.3. The zero-order valence-electron chi connectivity index (χ0n) is 21.4. The molecule has 0 aromatic heterocycles. The Morgan fingerprint density at radius 2 is 1.62 bits per heavy atom. The van der Waals surface area contributed by atoms with E-state index in [1.807, 2.05) is 0 Å². The minimum atomic E-state index is -4.83. The van der Waals surface area contributed by atoms with E-state index in [9.17, 15) is 31.6 Å². The molecule has 3 nitrogen and oxygen atoms in total. The molecular formula is C28H34F6N2O. The van der Waals surface area contributed by atoms with Crippen molar-refractivity contribution in [3.63, 3.8) is 0 Å². The molecule has 1 aliphatic heterocycles. The summed E-state index contributed by atoms with van der Waals surface area (Å²) < 4.78 is 79.7. The Balaban J connectivity index is 0.000000261. The molecule has 1 aliphatic rings. The van der Waals surface area contributed by atoms with Gasteiger partial charge in [0.25, 0.3) is 0 Å². The van der Waals surface area contributed by atoms with E-state index in [2.05, 4.69) is 48.2 Å². The van der Waals surface area contributed by atoms with Crippen LogP contribution in [0.1, 0.15) is 74.3 Å². The minimum Gasteiger partial charge on any atom is -0.377 e. The molecule has 1 heterocycles. The van der Waals surface area contributed by atoms with Crippen molar-refractivity contribution in [1.29, 1.82) is 5.26 Å². The van der Waals surface area contributed by atoms with Gasteiger partial charge in [0, 0.05) is 20.2 Å². The zero-order valence-corrected chi connectivity index (χ0v) is 21.4. The van der Waals surface area contributed by atoms with Crippen LogP contribution in [-0.4, -0.2) is 25.1 Å². The summed E-state index contributed by atoms with van der Waals surface area (Å²) in [6.45, 7) is 6.63. The molecule has 0 saturated carbocycles. The maximum atomic E-state index is 12.5. The number of nitrogens with zero attached hydrogens (tertiary/aromatic N) is 2. The number of rotatable bonds is 7. The third-order valence-corrected chi connectivity index (χ3v) is 6.58. The van der Waals surface area contributed by atoms with Crippen LogP contribution in [0, 0.1) is 16.7 Å². The molecule has 0 bridgehead atoms. The average Bonchev–Trinajstić information content (AvgIpc) is 2.87. The van der Waals surface area contributed by atoms with Crippen LogP contribution in [0.3, 0.4) is 0 Å². The van der Waals surface area contributed by atoms with Crippen LogP contribution < -0.4 is 0 Å². The molecule has 0 radical (unpaired) electrons. The van der Waals surface area contributed by atoms with Crippen LogP contribution in [-0.2, 0) is 23.6 Å². The molecule has 2 unspecified atom stereocenters. The first kappa shape index (κ1) is 30.7. The zero-order chi connectivity index (χ0) is 27.7. The number of piperidine rings is 1. The number of alkyl halides is 6. The van der Waals surface area contributed by atoms with Crippen molar-refractivity contribution in [3.8, 4) is 6.07 Å². The quantitative estimate of drug-likeness (QED) is 0.339. The lowest BCUT2D eigenvalue weighted by atomic mass is 9.77. The van der Waals surface area contributed by atoms with Gasteiger partial charge in [-0.15, -0.1) is 0 Å². The van der Waals surface area contributed by atoms with Gasteiger partial charge in [0.15, 0.2) is 0 Å². The fourth-order valence-electron chi connectivity index (χ4n) is 4.42. The van der Waals surface area contributed by atoms with Gasteiger partial charge in [-0.2, -0.15) is 31.6 Å².